The van der Waals surface area contributed by atoms with E-state index in [1.54, 1.807) is 17.4 Å². The summed E-state index contributed by atoms with van der Waals surface area (Å²) in [6.07, 6.45) is 0. The predicted octanol–water partition coefficient (Wildman–Crippen LogP) is 5.52. The lowest BCUT2D eigenvalue weighted by Gasteiger charge is -2.10. The summed E-state index contributed by atoms with van der Waals surface area (Å²) in [6.45, 7) is 0. The van der Waals surface area contributed by atoms with E-state index in [9.17, 15) is 4.39 Å². The van der Waals surface area contributed by atoms with Gasteiger partial charge in [0.15, 0.2) is 0 Å². The molecule has 0 saturated carbocycles. The summed E-state index contributed by atoms with van der Waals surface area (Å²) in [5.74, 6) is -0.172. The number of benzene rings is 2. The van der Waals surface area contributed by atoms with Gasteiger partial charge in [-0.2, -0.15) is 0 Å². The van der Waals surface area contributed by atoms with E-state index >= 15 is 0 Å². The van der Waals surface area contributed by atoms with Crippen LogP contribution in [-0.4, -0.2) is 0 Å². The van der Waals surface area contributed by atoms with Gasteiger partial charge in [0, 0.05) is 10.3 Å². The van der Waals surface area contributed by atoms with Crippen molar-refractivity contribution in [3.05, 3.63) is 70.9 Å². The van der Waals surface area contributed by atoms with Gasteiger partial charge >= 0.3 is 0 Å². The first-order valence-electron chi connectivity index (χ1n) is 5.62. The van der Waals surface area contributed by atoms with Crippen molar-refractivity contribution < 1.29 is 4.39 Å². The van der Waals surface area contributed by atoms with Crippen LogP contribution in [-0.2, 0) is 0 Å². The van der Waals surface area contributed by atoms with Crippen LogP contribution in [0.4, 0.5) is 4.39 Å². The van der Waals surface area contributed by atoms with Crippen LogP contribution in [0.1, 0.15) is 16.0 Å². The molecule has 0 aliphatic heterocycles. The summed E-state index contributed by atoms with van der Waals surface area (Å²) in [6, 6.07) is 15.1. The van der Waals surface area contributed by atoms with Crippen molar-refractivity contribution in [3.63, 3.8) is 0 Å². The third kappa shape index (κ3) is 1.98. The highest BCUT2D eigenvalue weighted by atomic mass is 79.9. The van der Waals surface area contributed by atoms with Crippen LogP contribution < -0.4 is 0 Å². The maximum Gasteiger partial charge on any atom is 0.127 e. The van der Waals surface area contributed by atoms with E-state index in [0.29, 0.717) is 5.56 Å². The maximum atomic E-state index is 13.8. The number of rotatable bonds is 2. The van der Waals surface area contributed by atoms with Crippen molar-refractivity contribution in [3.8, 4) is 0 Å². The maximum absolute atomic E-state index is 13.8. The third-order valence-electron chi connectivity index (χ3n) is 2.96. The largest absolute Gasteiger partial charge is 0.207 e. The summed E-state index contributed by atoms with van der Waals surface area (Å²) in [4.78, 5) is -0.102. The van der Waals surface area contributed by atoms with Gasteiger partial charge in [-0.3, -0.25) is 0 Å². The molecule has 1 atom stereocenters. The SMILES string of the molecule is Fc1ccccc1C(Br)c1csc2ccccc12. The standard InChI is InChI=1S/C15H10BrFS/c16-15(11-6-1-3-7-13(11)17)12-9-18-14-8-4-2-5-10(12)14/h1-9,15H. The second kappa shape index (κ2) is 4.82. The van der Waals surface area contributed by atoms with E-state index < -0.39 is 0 Å². The monoisotopic (exact) mass is 320 g/mol. The summed E-state index contributed by atoms with van der Waals surface area (Å²) in [5, 5.41) is 3.28. The quantitative estimate of drug-likeness (QED) is 0.545. The highest BCUT2D eigenvalue weighted by Crippen LogP contribution is 2.39. The number of hydrogen-bond acceptors (Lipinski definition) is 1. The molecule has 3 rings (SSSR count). The molecule has 90 valence electrons. The van der Waals surface area contributed by atoms with Gasteiger partial charge < -0.3 is 0 Å². The highest BCUT2D eigenvalue weighted by molar-refractivity contribution is 9.09. The minimum Gasteiger partial charge on any atom is -0.207 e. The van der Waals surface area contributed by atoms with Gasteiger partial charge in [0.05, 0.1) is 4.83 Å². The normalized spacial score (nSPS) is 12.8. The number of fused-ring (bicyclic) bond motifs is 1. The molecule has 0 saturated heterocycles. The Morgan fingerprint density at radius 2 is 1.67 bits per heavy atom. The molecular weight excluding hydrogens is 311 g/mol. The van der Waals surface area contributed by atoms with E-state index in [0.717, 1.165) is 5.56 Å². The Balaban J connectivity index is 2.13. The first-order valence-corrected chi connectivity index (χ1v) is 7.41. The van der Waals surface area contributed by atoms with Gasteiger partial charge in [0.1, 0.15) is 5.82 Å². The molecule has 0 fully saturated rings. The van der Waals surface area contributed by atoms with Crippen molar-refractivity contribution in [2.45, 2.75) is 4.83 Å². The van der Waals surface area contributed by atoms with E-state index in [-0.39, 0.29) is 10.6 Å². The molecule has 3 heteroatoms. The van der Waals surface area contributed by atoms with E-state index in [4.69, 9.17) is 0 Å². The van der Waals surface area contributed by atoms with Crippen LogP contribution >= 0.6 is 27.3 Å². The van der Waals surface area contributed by atoms with Gasteiger partial charge in [-0.15, -0.1) is 11.3 Å². The molecular formula is C15H10BrFS. The molecule has 0 bridgehead atoms. The van der Waals surface area contributed by atoms with Crippen LogP contribution in [0, 0.1) is 5.82 Å². The topological polar surface area (TPSA) is 0 Å². The van der Waals surface area contributed by atoms with Crippen molar-refractivity contribution in [2.24, 2.45) is 0 Å². The lowest BCUT2D eigenvalue weighted by atomic mass is 10.0. The van der Waals surface area contributed by atoms with E-state index in [1.165, 1.54) is 16.2 Å². The Morgan fingerprint density at radius 1 is 0.944 bits per heavy atom. The first kappa shape index (κ1) is 11.9. The molecule has 1 aromatic heterocycles. The molecule has 0 radical (unpaired) electrons. The van der Waals surface area contributed by atoms with Gasteiger partial charge in [0.25, 0.3) is 0 Å². The fraction of sp³-hybridized carbons (Fsp3) is 0.0667. The second-order valence-electron chi connectivity index (χ2n) is 4.07. The summed E-state index contributed by atoms with van der Waals surface area (Å²) >= 11 is 5.30. The Labute approximate surface area is 117 Å². The minimum absolute atomic E-state index is 0.102. The average Bonchev–Trinajstić information content (AvgIpc) is 2.82. The Kier molecular flexibility index (Phi) is 3.18. The lowest BCUT2D eigenvalue weighted by molar-refractivity contribution is 0.614. The van der Waals surface area contributed by atoms with Crippen LogP contribution in [0.3, 0.4) is 0 Å². The molecule has 3 aromatic rings. The molecule has 0 N–H and O–H groups in total. The fourth-order valence-electron chi connectivity index (χ4n) is 2.04. The predicted molar refractivity (Wildman–Crippen MR) is 79.0 cm³/mol. The van der Waals surface area contributed by atoms with Gasteiger partial charge in [-0.25, -0.2) is 4.39 Å². The van der Waals surface area contributed by atoms with Crippen LogP contribution in [0.25, 0.3) is 10.1 Å². The van der Waals surface area contributed by atoms with Crippen molar-refractivity contribution in [1.29, 1.82) is 0 Å². The first-order chi connectivity index (χ1) is 8.77. The van der Waals surface area contributed by atoms with E-state index in [2.05, 4.69) is 33.4 Å². The highest BCUT2D eigenvalue weighted by Gasteiger charge is 2.17. The molecule has 0 nitrogen and oxygen atoms in total. The summed E-state index contributed by atoms with van der Waals surface area (Å²) < 4.78 is 15.0. The molecule has 18 heavy (non-hydrogen) atoms. The average molecular weight is 321 g/mol. The molecule has 1 heterocycles. The number of halogens is 2. The fourth-order valence-corrected chi connectivity index (χ4v) is 3.95. The lowest BCUT2D eigenvalue weighted by Crippen LogP contribution is -1.95. The number of thiophene rings is 1. The minimum atomic E-state index is -0.172. The molecule has 1 unspecified atom stereocenters. The van der Waals surface area contributed by atoms with E-state index in [1.807, 2.05) is 24.3 Å². The molecule has 0 spiro atoms. The molecule has 0 amide bonds. The Bertz CT molecular complexity index is 690. The van der Waals surface area contributed by atoms with Crippen molar-refractivity contribution >= 4 is 37.4 Å². The Hall–Kier alpha value is -1.19. The smallest absolute Gasteiger partial charge is 0.127 e. The van der Waals surface area contributed by atoms with Gasteiger partial charge in [-0.05, 0) is 28.5 Å². The Morgan fingerprint density at radius 3 is 2.50 bits per heavy atom. The molecule has 2 aromatic carbocycles. The number of hydrogen-bond donors (Lipinski definition) is 0. The zero-order valence-electron chi connectivity index (χ0n) is 9.44. The molecule has 0 aliphatic rings. The third-order valence-corrected chi connectivity index (χ3v) is 4.93. The van der Waals surface area contributed by atoms with Crippen LogP contribution in [0.15, 0.2) is 53.9 Å². The van der Waals surface area contributed by atoms with Gasteiger partial charge in [-0.1, -0.05) is 52.3 Å². The summed E-state index contributed by atoms with van der Waals surface area (Å²) in [5.41, 5.74) is 1.81. The van der Waals surface area contributed by atoms with Gasteiger partial charge in [0.2, 0.25) is 0 Å². The van der Waals surface area contributed by atoms with Crippen LogP contribution in [0.5, 0.6) is 0 Å². The van der Waals surface area contributed by atoms with Crippen molar-refractivity contribution in [1.82, 2.24) is 0 Å². The van der Waals surface area contributed by atoms with Crippen LogP contribution in [0.2, 0.25) is 0 Å². The van der Waals surface area contributed by atoms with Crippen molar-refractivity contribution in [2.75, 3.05) is 0 Å². The number of alkyl halides is 1. The summed E-state index contributed by atoms with van der Waals surface area (Å²) in [7, 11) is 0. The zero-order chi connectivity index (χ0) is 12.5. The zero-order valence-corrected chi connectivity index (χ0v) is 11.8. The molecule has 0 aliphatic carbocycles. The second-order valence-corrected chi connectivity index (χ2v) is 5.90.